The van der Waals surface area contributed by atoms with Gasteiger partial charge < -0.3 is 19.6 Å². The van der Waals surface area contributed by atoms with Gasteiger partial charge in [0.25, 0.3) is 0 Å². The Kier molecular flexibility index (Phi) is 4.86. The molecule has 9 heteroatoms. The molecule has 0 aliphatic carbocycles. The number of aryl methyl sites for hydroxylation is 2. The van der Waals surface area contributed by atoms with Gasteiger partial charge in [-0.3, -0.25) is 4.79 Å². The molecule has 0 aromatic carbocycles. The van der Waals surface area contributed by atoms with E-state index in [1.54, 1.807) is 22.6 Å². The number of thiazole rings is 1. The van der Waals surface area contributed by atoms with Gasteiger partial charge in [0.2, 0.25) is 5.91 Å². The van der Waals surface area contributed by atoms with Crippen LogP contribution < -0.4 is 14.7 Å². The zero-order valence-electron chi connectivity index (χ0n) is 16.1. The van der Waals surface area contributed by atoms with E-state index in [1.807, 2.05) is 18.0 Å². The van der Waals surface area contributed by atoms with Crippen LogP contribution in [0.15, 0.2) is 12.4 Å². The van der Waals surface area contributed by atoms with Crippen molar-refractivity contribution in [2.24, 2.45) is 0 Å². The lowest BCUT2D eigenvalue weighted by atomic mass is 10.3. The molecule has 0 bridgehead atoms. The van der Waals surface area contributed by atoms with Crippen LogP contribution in [-0.2, 0) is 4.79 Å². The zero-order valence-corrected chi connectivity index (χ0v) is 16.9. The molecule has 0 unspecified atom stereocenters. The molecule has 0 atom stereocenters. The number of carbonyl (C=O) groups is 1. The van der Waals surface area contributed by atoms with Crippen LogP contribution in [0.1, 0.15) is 10.6 Å². The highest BCUT2D eigenvalue weighted by molar-refractivity contribution is 7.15. The van der Waals surface area contributed by atoms with E-state index in [1.165, 1.54) is 4.88 Å². The standard InChI is InChI=1S/C18H25N7OS/c1-13-14(2)27-18(21-13)24-8-6-23(7-9-24)15-10-16(20-12-19-15)25-5-4-22(3)17(26)11-25/h10,12H,4-9,11H2,1-3H3. The number of nitrogens with zero attached hydrogens (tertiary/aromatic N) is 7. The fraction of sp³-hybridized carbons (Fsp3) is 0.556. The van der Waals surface area contributed by atoms with Gasteiger partial charge in [-0.15, -0.1) is 11.3 Å². The molecule has 2 aliphatic rings. The van der Waals surface area contributed by atoms with Crippen molar-refractivity contribution in [3.63, 3.8) is 0 Å². The molecule has 0 radical (unpaired) electrons. The van der Waals surface area contributed by atoms with E-state index >= 15 is 0 Å². The topological polar surface area (TPSA) is 68.7 Å². The van der Waals surface area contributed by atoms with E-state index in [2.05, 4.69) is 38.6 Å². The molecule has 4 heterocycles. The van der Waals surface area contributed by atoms with Crippen molar-refractivity contribution in [1.29, 1.82) is 0 Å². The predicted octanol–water partition coefficient (Wildman–Crippen LogP) is 1.15. The minimum absolute atomic E-state index is 0.129. The Morgan fingerprint density at radius 1 is 0.926 bits per heavy atom. The normalized spacial score (nSPS) is 18.4. The van der Waals surface area contributed by atoms with Gasteiger partial charge >= 0.3 is 0 Å². The number of likely N-dealkylation sites (N-methyl/N-ethyl adjacent to an activating group) is 1. The molecule has 0 N–H and O–H groups in total. The zero-order chi connectivity index (χ0) is 19.0. The molecular weight excluding hydrogens is 362 g/mol. The van der Waals surface area contributed by atoms with Gasteiger partial charge in [0.1, 0.15) is 18.0 Å². The van der Waals surface area contributed by atoms with Gasteiger partial charge in [-0.05, 0) is 13.8 Å². The Morgan fingerprint density at radius 3 is 2.19 bits per heavy atom. The summed E-state index contributed by atoms with van der Waals surface area (Å²) in [5.41, 5.74) is 1.12. The van der Waals surface area contributed by atoms with E-state index in [9.17, 15) is 4.79 Å². The molecule has 144 valence electrons. The number of aromatic nitrogens is 3. The summed E-state index contributed by atoms with van der Waals surface area (Å²) in [5, 5.41) is 1.11. The molecule has 27 heavy (non-hydrogen) atoms. The van der Waals surface area contributed by atoms with E-state index in [0.717, 1.165) is 61.7 Å². The molecule has 1 amide bonds. The lowest BCUT2D eigenvalue weighted by molar-refractivity contribution is -0.129. The van der Waals surface area contributed by atoms with Crippen LogP contribution in [0.3, 0.4) is 0 Å². The first-order valence-corrected chi connectivity index (χ1v) is 10.1. The van der Waals surface area contributed by atoms with E-state index in [0.29, 0.717) is 6.54 Å². The van der Waals surface area contributed by atoms with Crippen LogP contribution in [0.2, 0.25) is 0 Å². The van der Waals surface area contributed by atoms with Gasteiger partial charge in [-0.25, -0.2) is 15.0 Å². The minimum atomic E-state index is 0.129. The molecule has 2 fully saturated rings. The van der Waals surface area contributed by atoms with Crippen molar-refractivity contribution in [2.75, 3.05) is 67.6 Å². The fourth-order valence-corrected chi connectivity index (χ4v) is 4.32. The van der Waals surface area contributed by atoms with Gasteiger partial charge in [0.05, 0.1) is 12.2 Å². The Bertz CT molecular complexity index is 811. The van der Waals surface area contributed by atoms with Crippen molar-refractivity contribution >= 4 is 34.0 Å². The Hall–Kier alpha value is -2.42. The Labute approximate surface area is 163 Å². The van der Waals surface area contributed by atoms with Crippen LogP contribution in [0, 0.1) is 13.8 Å². The van der Waals surface area contributed by atoms with Gasteiger partial charge in [0, 0.05) is 57.3 Å². The van der Waals surface area contributed by atoms with Crippen molar-refractivity contribution in [3.8, 4) is 0 Å². The fourth-order valence-electron chi connectivity index (χ4n) is 3.35. The summed E-state index contributed by atoms with van der Waals surface area (Å²) in [4.78, 5) is 35.2. The monoisotopic (exact) mass is 387 g/mol. The molecule has 8 nitrogen and oxygen atoms in total. The van der Waals surface area contributed by atoms with Crippen molar-refractivity contribution in [3.05, 3.63) is 23.0 Å². The first kappa shape index (κ1) is 18.0. The quantitative estimate of drug-likeness (QED) is 0.783. The molecule has 2 aromatic rings. The number of anilines is 3. The average molecular weight is 388 g/mol. The summed E-state index contributed by atoms with van der Waals surface area (Å²) in [7, 11) is 1.84. The number of hydrogen-bond acceptors (Lipinski definition) is 8. The smallest absolute Gasteiger partial charge is 0.241 e. The van der Waals surface area contributed by atoms with Gasteiger partial charge in [-0.2, -0.15) is 0 Å². The Morgan fingerprint density at radius 2 is 1.56 bits per heavy atom. The highest BCUT2D eigenvalue weighted by atomic mass is 32.1. The molecule has 2 saturated heterocycles. The second-order valence-electron chi connectivity index (χ2n) is 7.08. The lowest BCUT2D eigenvalue weighted by Crippen LogP contribution is -2.49. The van der Waals surface area contributed by atoms with Crippen molar-refractivity contribution < 1.29 is 4.79 Å². The molecule has 2 aliphatic heterocycles. The number of amides is 1. The third-order valence-corrected chi connectivity index (χ3v) is 6.44. The van der Waals surface area contributed by atoms with Crippen molar-refractivity contribution in [2.45, 2.75) is 13.8 Å². The highest BCUT2D eigenvalue weighted by Crippen LogP contribution is 2.27. The van der Waals surface area contributed by atoms with Crippen LogP contribution in [0.5, 0.6) is 0 Å². The molecule has 4 rings (SSSR count). The molecule has 0 spiro atoms. The maximum absolute atomic E-state index is 12.0. The van der Waals surface area contributed by atoms with E-state index in [4.69, 9.17) is 0 Å². The Balaban J connectivity index is 1.42. The molecule has 2 aromatic heterocycles. The number of rotatable bonds is 3. The second-order valence-corrected chi connectivity index (χ2v) is 8.27. The first-order valence-electron chi connectivity index (χ1n) is 9.26. The molecule has 0 saturated carbocycles. The van der Waals surface area contributed by atoms with Crippen molar-refractivity contribution in [1.82, 2.24) is 19.9 Å². The predicted molar refractivity (Wildman–Crippen MR) is 108 cm³/mol. The summed E-state index contributed by atoms with van der Waals surface area (Å²) in [5.74, 6) is 1.89. The molecular formula is C18H25N7OS. The average Bonchev–Trinajstić information content (AvgIpc) is 3.03. The SMILES string of the molecule is Cc1nc(N2CCN(c3cc(N4CCN(C)C(=O)C4)ncn3)CC2)sc1C. The van der Waals surface area contributed by atoms with E-state index in [-0.39, 0.29) is 5.91 Å². The van der Waals surface area contributed by atoms with Gasteiger partial charge in [0.15, 0.2) is 5.13 Å². The minimum Gasteiger partial charge on any atom is -0.353 e. The van der Waals surface area contributed by atoms with E-state index < -0.39 is 0 Å². The highest BCUT2D eigenvalue weighted by Gasteiger charge is 2.24. The number of piperazine rings is 2. The first-order chi connectivity index (χ1) is 13.0. The maximum atomic E-state index is 12.0. The van der Waals surface area contributed by atoms with Crippen LogP contribution in [0.4, 0.5) is 16.8 Å². The number of hydrogen-bond donors (Lipinski definition) is 0. The lowest BCUT2D eigenvalue weighted by Gasteiger charge is -2.36. The summed E-state index contributed by atoms with van der Waals surface area (Å²) in [6, 6.07) is 2.01. The summed E-state index contributed by atoms with van der Waals surface area (Å²) < 4.78 is 0. The van der Waals surface area contributed by atoms with Crippen LogP contribution in [-0.4, -0.2) is 78.6 Å². The second kappa shape index (κ2) is 7.30. The summed E-state index contributed by atoms with van der Waals surface area (Å²) in [6.45, 7) is 9.75. The largest absolute Gasteiger partial charge is 0.353 e. The third kappa shape index (κ3) is 3.69. The summed E-state index contributed by atoms with van der Waals surface area (Å²) >= 11 is 1.77. The third-order valence-electron chi connectivity index (χ3n) is 5.31. The van der Waals surface area contributed by atoms with Crippen LogP contribution in [0.25, 0.3) is 0 Å². The van der Waals surface area contributed by atoms with Crippen LogP contribution >= 0.6 is 11.3 Å². The van der Waals surface area contributed by atoms with Gasteiger partial charge in [-0.1, -0.05) is 0 Å². The maximum Gasteiger partial charge on any atom is 0.241 e. The number of carbonyl (C=O) groups excluding carboxylic acids is 1. The summed E-state index contributed by atoms with van der Waals surface area (Å²) in [6.07, 6.45) is 1.60.